The van der Waals surface area contributed by atoms with E-state index in [1.165, 1.54) is 4.68 Å². The highest BCUT2D eigenvalue weighted by Gasteiger charge is 2.14. The molecule has 0 amide bonds. The molecule has 1 N–H and O–H groups in total. The molecule has 6 heteroatoms. The number of aryl methyl sites for hydroxylation is 2. The zero-order chi connectivity index (χ0) is 9.30. The number of halogens is 1. The van der Waals surface area contributed by atoms with E-state index < -0.39 is 6.16 Å². The van der Waals surface area contributed by atoms with Crippen LogP contribution in [0.15, 0.2) is 0 Å². The van der Waals surface area contributed by atoms with E-state index in [1.807, 2.05) is 0 Å². The van der Waals surface area contributed by atoms with Gasteiger partial charge in [0.1, 0.15) is 5.02 Å². The Morgan fingerprint density at radius 3 is 2.67 bits per heavy atom. The first-order chi connectivity index (χ1) is 5.52. The summed E-state index contributed by atoms with van der Waals surface area (Å²) in [5, 5.41) is 12.4. The van der Waals surface area contributed by atoms with Gasteiger partial charge in [-0.3, -0.25) is 0 Å². The molecule has 5 nitrogen and oxygen atoms in total. The number of carbonyl (C=O) groups is 1. The second kappa shape index (κ2) is 3.02. The van der Waals surface area contributed by atoms with E-state index >= 15 is 0 Å². The molecule has 0 aliphatic rings. The van der Waals surface area contributed by atoms with Crippen molar-refractivity contribution in [1.29, 1.82) is 0 Å². The quantitative estimate of drug-likeness (QED) is 0.681. The lowest BCUT2D eigenvalue weighted by Gasteiger charge is -1.98. The summed E-state index contributed by atoms with van der Waals surface area (Å²) in [5.41, 5.74) is 0.537. The standard InChI is InChI=1S/C6H7ClN2O3/c1-3-4(7)5(9(2)8-3)12-6(10)11/h1-2H3,(H,10,11). The van der Waals surface area contributed by atoms with Crippen LogP contribution in [-0.4, -0.2) is 21.0 Å². The van der Waals surface area contributed by atoms with E-state index in [4.69, 9.17) is 16.7 Å². The first kappa shape index (κ1) is 8.86. The lowest BCUT2D eigenvalue weighted by Crippen LogP contribution is -2.07. The number of nitrogens with zero attached hydrogens (tertiary/aromatic N) is 2. The van der Waals surface area contributed by atoms with E-state index in [1.54, 1.807) is 14.0 Å². The molecule has 1 heterocycles. The Hall–Kier alpha value is -1.23. The lowest BCUT2D eigenvalue weighted by molar-refractivity contribution is 0.140. The summed E-state index contributed by atoms with van der Waals surface area (Å²) in [6, 6.07) is 0. The topological polar surface area (TPSA) is 64.4 Å². The minimum Gasteiger partial charge on any atom is -0.449 e. The fraction of sp³-hybridized carbons (Fsp3) is 0.333. The van der Waals surface area contributed by atoms with Crippen LogP contribution in [0.25, 0.3) is 0 Å². The monoisotopic (exact) mass is 190 g/mol. The summed E-state index contributed by atoms with van der Waals surface area (Å²) < 4.78 is 5.65. The Bertz CT molecular complexity index is 321. The van der Waals surface area contributed by atoms with Crippen LogP contribution in [0.2, 0.25) is 5.02 Å². The predicted molar refractivity (Wildman–Crippen MR) is 41.6 cm³/mol. The molecule has 0 aromatic carbocycles. The third-order valence-corrected chi connectivity index (χ3v) is 1.72. The molecule has 0 unspecified atom stereocenters. The summed E-state index contributed by atoms with van der Waals surface area (Å²) in [7, 11) is 1.55. The van der Waals surface area contributed by atoms with Crippen LogP contribution in [0, 0.1) is 6.92 Å². The van der Waals surface area contributed by atoms with Crippen molar-refractivity contribution in [3.63, 3.8) is 0 Å². The summed E-state index contributed by atoms with van der Waals surface area (Å²) in [6.45, 7) is 1.66. The van der Waals surface area contributed by atoms with Crippen LogP contribution in [0.5, 0.6) is 5.88 Å². The van der Waals surface area contributed by atoms with Crippen molar-refractivity contribution in [3.8, 4) is 5.88 Å². The smallest absolute Gasteiger partial charge is 0.449 e. The Labute approximate surface area is 73.5 Å². The maximum atomic E-state index is 10.2. The van der Waals surface area contributed by atoms with Crippen molar-refractivity contribution >= 4 is 17.8 Å². The van der Waals surface area contributed by atoms with Crippen LogP contribution in [0.4, 0.5) is 4.79 Å². The maximum Gasteiger partial charge on any atom is 0.512 e. The number of hydrogen-bond acceptors (Lipinski definition) is 3. The molecular weight excluding hydrogens is 184 g/mol. The highest BCUT2D eigenvalue weighted by atomic mass is 35.5. The molecule has 0 fully saturated rings. The van der Waals surface area contributed by atoms with Gasteiger partial charge in [-0.25, -0.2) is 9.48 Å². The predicted octanol–water partition coefficient (Wildman–Crippen LogP) is 1.44. The first-order valence-electron chi connectivity index (χ1n) is 3.12. The Morgan fingerprint density at radius 2 is 2.33 bits per heavy atom. The molecule has 0 saturated heterocycles. The number of hydrogen-bond donors (Lipinski definition) is 1. The minimum absolute atomic E-state index is 0.0432. The summed E-state index contributed by atoms with van der Waals surface area (Å²) in [5.74, 6) is 0.0432. The maximum absolute atomic E-state index is 10.2. The van der Waals surface area contributed by atoms with Gasteiger partial charge in [-0.1, -0.05) is 11.6 Å². The van der Waals surface area contributed by atoms with Crippen molar-refractivity contribution in [2.24, 2.45) is 7.05 Å². The number of rotatable bonds is 1. The van der Waals surface area contributed by atoms with E-state index in [2.05, 4.69) is 9.84 Å². The van der Waals surface area contributed by atoms with Crippen LogP contribution in [0.3, 0.4) is 0 Å². The zero-order valence-corrected chi connectivity index (χ0v) is 7.29. The van der Waals surface area contributed by atoms with Gasteiger partial charge in [-0.2, -0.15) is 5.10 Å². The molecule has 66 valence electrons. The highest BCUT2D eigenvalue weighted by molar-refractivity contribution is 6.32. The Kier molecular flexibility index (Phi) is 2.23. The summed E-state index contributed by atoms with van der Waals surface area (Å²) in [6.07, 6.45) is -1.40. The van der Waals surface area contributed by atoms with E-state index in [0.717, 1.165) is 0 Å². The van der Waals surface area contributed by atoms with Gasteiger partial charge in [-0.05, 0) is 6.92 Å². The van der Waals surface area contributed by atoms with Gasteiger partial charge in [0.15, 0.2) is 0 Å². The van der Waals surface area contributed by atoms with Crippen molar-refractivity contribution in [2.75, 3.05) is 0 Å². The zero-order valence-electron chi connectivity index (χ0n) is 6.54. The van der Waals surface area contributed by atoms with Crippen LogP contribution in [-0.2, 0) is 7.05 Å². The van der Waals surface area contributed by atoms with Crippen molar-refractivity contribution in [2.45, 2.75) is 6.92 Å². The van der Waals surface area contributed by atoms with Gasteiger partial charge in [0, 0.05) is 7.05 Å². The van der Waals surface area contributed by atoms with E-state index in [-0.39, 0.29) is 10.9 Å². The largest absolute Gasteiger partial charge is 0.512 e. The highest BCUT2D eigenvalue weighted by Crippen LogP contribution is 2.26. The molecule has 1 aromatic rings. The molecule has 0 radical (unpaired) electrons. The van der Waals surface area contributed by atoms with Gasteiger partial charge in [0.05, 0.1) is 5.69 Å². The van der Waals surface area contributed by atoms with Crippen molar-refractivity contribution in [3.05, 3.63) is 10.7 Å². The third-order valence-electron chi connectivity index (χ3n) is 1.28. The fourth-order valence-corrected chi connectivity index (χ4v) is 1.00. The molecule has 1 rings (SSSR count). The SMILES string of the molecule is Cc1nn(C)c(OC(=O)O)c1Cl. The van der Waals surface area contributed by atoms with Gasteiger partial charge in [0.2, 0.25) is 5.88 Å². The second-order valence-corrected chi connectivity index (χ2v) is 2.57. The van der Waals surface area contributed by atoms with Gasteiger partial charge in [-0.15, -0.1) is 0 Å². The molecule has 0 saturated carbocycles. The van der Waals surface area contributed by atoms with E-state index in [9.17, 15) is 4.79 Å². The normalized spacial score (nSPS) is 9.92. The molecule has 0 spiro atoms. The van der Waals surface area contributed by atoms with Crippen LogP contribution in [0.1, 0.15) is 5.69 Å². The molecule has 0 bridgehead atoms. The molecular formula is C6H7ClN2O3. The Morgan fingerprint density at radius 1 is 1.75 bits per heavy atom. The molecule has 0 aliphatic heterocycles. The van der Waals surface area contributed by atoms with Gasteiger partial charge in [0.25, 0.3) is 0 Å². The molecule has 0 atom stereocenters. The molecule has 1 aromatic heterocycles. The van der Waals surface area contributed by atoms with Crippen LogP contribution < -0.4 is 4.74 Å². The average molecular weight is 191 g/mol. The Balaban J connectivity index is 3.05. The minimum atomic E-state index is -1.40. The summed E-state index contributed by atoms with van der Waals surface area (Å²) in [4.78, 5) is 10.2. The van der Waals surface area contributed by atoms with Crippen molar-refractivity contribution in [1.82, 2.24) is 9.78 Å². The second-order valence-electron chi connectivity index (χ2n) is 2.20. The first-order valence-corrected chi connectivity index (χ1v) is 3.50. The summed E-state index contributed by atoms with van der Waals surface area (Å²) >= 11 is 5.69. The molecule has 12 heavy (non-hydrogen) atoms. The van der Waals surface area contributed by atoms with Gasteiger partial charge < -0.3 is 9.84 Å². The fourth-order valence-electron chi connectivity index (χ4n) is 0.805. The van der Waals surface area contributed by atoms with Crippen molar-refractivity contribution < 1.29 is 14.6 Å². The lowest BCUT2D eigenvalue weighted by atomic mass is 10.5. The van der Waals surface area contributed by atoms with Crippen LogP contribution >= 0.6 is 11.6 Å². The third kappa shape index (κ3) is 1.50. The number of ether oxygens (including phenoxy) is 1. The van der Waals surface area contributed by atoms with E-state index in [0.29, 0.717) is 5.69 Å². The number of aromatic nitrogens is 2. The molecule has 0 aliphatic carbocycles. The van der Waals surface area contributed by atoms with Gasteiger partial charge >= 0.3 is 6.16 Å². The average Bonchev–Trinajstić information content (AvgIpc) is 2.16. The number of carboxylic acid groups (broad SMARTS) is 1.